The molecule has 0 heterocycles. The minimum atomic E-state index is 0. The van der Waals surface area contributed by atoms with Crippen molar-refractivity contribution in [3.05, 3.63) is 35.9 Å². The summed E-state index contributed by atoms with van der Waals surface area (Å²) >= 11 is 0. The molecule has 60 valence electrons. The second kappa shape index (κ2) is 3.76. The van der Waals surface area contributed by atoms with E-state index < -0.39 is 0 Å². The standard InChI is InChI=1S/C9H11NO.H2/c1-8(10-7-11)9-5-3-2-4-6-9;/h2-8H,1H3,(H,10,11);1H/t8-;/m0./s1. The molecule has 1 rings (SSSR count). The van der Waals surface area contributed by atoms with Gasteiger partial charge in [0.05, 0.1) is 6.04 Å². The van der Waals surface area contributed by atoms with E-state index in [-0.39, 0.29) is 7.47 Å². The Morgan fingerprint density at radius 2 is 2.09 bits per heavy atom. The molecular weight excluding hydrogens is 138 g/mol. The largest absolute Gasteiger partial charge is 0.352 e. The second-order valence-electron chi connectivity index (χ2n) is 2.42. The molecule has 11 heavy (non-hydrogen) atoms. The van der Waals surface area contributed by atoms with Gasteiger partial charge in [0, 0.05) is 1.43 Å². The summed E-state index contributed by atoms with van der Waals surface area (Å²) in [5.41, 5.74) is 1.12. The van der Waals surface area contributed by atoms with Gasteiger partial charge in [0.25, 0.3) is 0 Å². The quantitative estimate of drug-likeness (QED) is 0.655. The second-order valence-corrected chi connectivity index (χ2v) is 2.42. The summed E-state index contributed by atoms with van der Waals surface area (Å²) in [6.45, 7) is 1.95. The van der Waals surface area contributed by atoms with Gasteiger partial charge in [0.1, 0.15) is 0 Å². The van der Waals surface area contributed by atoms with Crippen molar-refractivity contribution >= 4 is 6.41 Å². The fraction of sp³-hybridized carbons (Fsp3) is 0.222. The lowest BCUT2D eigenvalue weighted by Gasteiger charge is -2.08. The van der Waals surface area contributed by atoms with Crippen molar-refractivity contribution in [1.82, 2.24) is 5.32 Å². The SMILES string of the molecule is C[C@H](NC=O)c1ccccc1.[HH]. The molecule has 0 aliphatic heterocycles. The van der Waals surface area contributed by atoms with Crippen LogP contribution in [0.4, 0.5) is 0 Å². The molecule has 0 unspecified atom stereocenters. The van der Waals surface area contributed by atoms with Crippen molar-refractivity contribution in [2.24, 2.45) is 0 Å². The van der Waals surface area contributed by atoms with Gasteiger partial charge >= 0.3 is 0 Å². The molecule has 0 saturated carbocycles. The molecule has 1 atom stereocenters. The minimum Gasteiger partial charge on any atom is -0.352 e. The Balaban J connectivity index is 0.00000121. The first-order chi connectivity index (χ1) is 5.34. The maximum Gasteiger partial charge on any atom is 0.207 e. The van der Waals surface area contributed by atoms with E-state index in [4.69, 9.17) is 0 Å². The third-order valence-corrected chi connectivity index (χ3v) is 1.62. The van der Waals surface area contributed by atoms with Crippen LogP contribution in [0.3, 0.4) is 0 Å². The molecule has 0 saturated heterocycles. The summed E-state index contributed by atoms with van der Waals surface area (Å²) in [5.74, 6) is 0. The van der Waals surface area contributed by atoms with Crippen LogP contribution in [0.25, 0.3) is 0 Å². The number of benzene rings is 1. The topological polar surface area (TPSA) is 29.1 Å². The number of carbonyl (C=O) groups is 1. The van der Waals surface area contributed by atoms with Gasteiger partial charge in [0.2, 0.25) is 6.41 Å². The van der Waals surface area contributed by atoms with Gasteiger partial charge in [-0.1, -0.05) is 30.3 Å². The third-order valence-electron chi connectivity index (χ3n) is 1.62. The van der Waals surface area contributed by atoms with Crippen LogP contribution in [0.2, 0.25) is 0 Å². The fourth-order valence-corrected chi connectivity index (χ4v) is 0.940. The van der Waals surface area contributed by atoms with Crippen LogP contribution in [0.15, 0.2) is 30.3 Å². The van der Waals surface area contributed by atoms with Gasteiger partial charge in [-0.3, -0.25) is 4.79 Å². The molecule has 1 aromatic rings. The number of hydrogen-bond acceptors (Lipinski definition) is 1. The predicted octanol–water partition coefficient (Wildman–Crippen LogP) is 1.74. The minimum absolute atomic E-state index is 0. The fourth-order valence-electron chi connectivity index (χ4n) is 0.940. The number of amides is 1. The first-order valence-electron chi connectivity index (χ1n) is 3.59. The molecule has 1 aromatic carbocycles. The average molecular weight is 151 g/mol. The van der Waals surface area contributed by atoms with E-state index in [1.165, 1.54) is 0 Å². The zero-order valence-electron chi connectivity index (χ0n) is 6.45. The number of nitrogens with one attached hydrogen (secondary N) is 1. The Labute approximate surface area is 67.7 Å². The average Bonchev–Trinajstić information content (AvgIpc) is 2.07. The van der Waals surface area contributed by atoms with E-state index >= 15 is 0 Å². The Morgan fingerprint density at radius 3 is 2.64 bits per heavy atom. The first-order valence-corrected chi connectivity index (χ1v) is 3.59. The highest BCUT2D eigenvalue weighted by Gasteiger charge is 1.99. The van der Waals surface area contributed by atoms with E-state index in [2.05, 4.69) is 5.32 Å². The van der Waals surface area contributed by atoms with Gasteiger partial charge in [0.15, 0.2) is 0 Å². The maximum absolute atomic E-state index is 10.1. The molecule has 2 heteroatoms. The van der Waals surface area contributed by atoms with Crippen molar-refractivity contribution in [2.45, 2.75) is 13.0 Å². The normalized spacial score (nSPS) is 12.1. The molecular formula is C9H13NO. The first kappa shape index (κ1) is 7.79. The van der Waals surface area contributed by atoms with Crippen molar-refractivity contribution < 1.29 is 6.22 Å². The summed E-state index contributed by atoms with van der Waals surface area (Å²) in [4.78, 5) is 10.1. The predicted molar refractivity (Wildman–Crippen MR) is 46.2 cm³/mol. The summed E-state index contributed by atoms with van der Waals surface area (Å²) in [5, 5.41) is 2.68. The van der Waals surface area contributed by atoms with E-state index in [1.54, 1.807) is 0 Å². The zero-order valence-corrected chi connectivity index (χ0v) is 6.45. The Hall–Kier alpha value is -1.31. The molecule has 0 aliphatic rings. The van der Waals surface area contributed by atoms with Crippen LogP contribution in [0.5, 0.6) is 0 Å². The van der Waals surface area contributed by atoms with Crippen LogP contribution in [-0.4, -0.2) is 6.41 Å². The van der Waals surface area contributed by atoms with E-state index in [0.717, 1.165) is 12.0 Å². The van der Waals surface area contributed by atoms with E-state index in [1.807, 2.05) is 37.3 Å². The molecule has 2 nitrogen and oxygen atoms in total. The van der Waals surface area contributed by atoms with Crippen LogP contribution in [0.1, 0.15) is 20.0 Å². The van der Waals surface area contributed by atoms with E-state index in [9.17, 15) is 4.79 Å². The molecule has 0 fully saturated rings. The van der Waals surface area contributed by atoms with Crippen molar-refractivity contribution in [3.63, 3.8) is 0 Å². The summed E-state index contributed by atoms with van der Waals surface area (Å²) in [6, 6.07) is 9.95. The Morgan fingerprint density at radius 1 is 1.45 bits per heavy atom. The molecule has 1 amide bonds. The van der Waals surface area contributed by atoms with Gasteiger partial charge in [-0.15, -0.1) is 0 Å². The molecule has 0 aliphatic carbocycles. The lowest BCUT2D eigenvalue weighted by Crippen LogP contribution is -2.15. The van der Waals surface area contributed by atoms with Gasteiger partial charge in [-0.05, 0) is 12.5 Å². The number of hydrogen-bond donors (Lipinski definition) is 1. The van der Waals surface area contributed by atoms with Gasteiger partial charge in [-0.2, -0.15) is 0 Å². The number of carbonyl (C=O) groups excluding carboxylic acids is 1. The van der Waals surface area contributed by atoms with Crippen LogP contribution in [-0.2, 0) is 4.79 Å². The van der Waals surface area contributed by atoms with Crippen molar-refractivity contribution in [1.29, 1.82) is 0 Å². The monoisotopic (exact) mass is 151 g/mol. The highest BCUT2D eigenvalue weighted by molar-refractivity contribution is 5.47. The molecule has 0 radical (unpaired) electrons. The molecule has 1 N–H and O–H groups in total. The van der Waals surface area contributed by atoms with Crippen LogP contribution < -0.4 is 5.32 Å². The van der Waals surface area contributed by atoms with E-state index in [0.29, 0.717) is 0 Å². The van der Waals surface area contributed by atoms with Crippen LogP contribution in [0, 0.1) is 0 Å². The summed E-state index contributed by atoms with van der Waals surface area (Å²) in [6.07, 6.45) is 0.720. The summed E-state index contributed by atoms with van der Waals surface area (Å²) in [7, 11) is 0. The van der Waals surface area contributed by atoms with Gasteiger partial charge in [-0.25, -0.2) is 0 Å². The van der Waals surface area contributed by atoms with Gasteiger partial charge < -0.3 is 5.32 Å². The third kappa shape index (κ3) is 2.08. The lowest BCUT2D eigenvalue weighted by molar-refractivity contribution is -0.110. The van der Waals surface area contributed by atoms with Crippen LogP contribution >= 0.6 is 0 Å². The highest BCUT2D eigenvalue weighted by Crippen LogP contribution is 2.09. The lowest BCUT2D eigenvalue weighted by atomic mass is 10.1. The molecule has 0 spiro atoms. The molecule has 0 aromatic heterocycles. The number of rotatable bonds is 3. The Bertz CT molecular complexity index is 225. The summed E-state index contributed by atoms with van der Waals surface area (Å²) < 4.78 is 0. The smallest absolute Gasteiger partial charge is 0.207 e. The van der Waals surface area contributed by atoms with Crippen molar-refractivity contribution in [3.8, 4) is 0 Å². The van der Waals surface area contributed by atoms with Crippen molar-refractivity contribution in [2.75, 3.05) is 0 Å². The maximum atomic E-state index is 10.1. The zero-order chi connectivity index (χ0) is 8.10. The molecule has 0 bridgehead atoms. The highest BCUT2D eigenvalue weighted by atomic mass is 16.1. The Kier molecular flexibility index (Phi) is 2.66.